The Bertz CT molecular complexity index is 222. The van der Waals surface area contributed by atoms with E-state index in [1.54, 1.807) is 6.92 Å². The summed E-state index contributed by atoms with van der Waals surface area (Å²) in [6, 6.07) is 0. The molecule has 0 radical (unpaired) electrons. The van der Waals surface area contributed by atoms with Gasteiger partial charge in [-0.2, -0.15) is 0 Å². The van der Waals surface area contributed by atoms with Crippen LogP contribution in [0.25, 0.3) is 0 Å². The standard InChI is InChI=1S/C6H12N2O7/c1-5(4-14-7(9)10)13-3-6(2)15-8(11)12/h5-6H,3-4H2,1-2H3. The summed E-state index contributed by atoms with van der Waals surface area (Å²) in [6.45, 7) is 2.73. The van der Waals surface area contributed by atoms with Crippen LogP contribution < -0.4 is 0 Å². The molecule has 0 heterocycles. The zero-order valence-electron chi connectivity index (χ0n) is 8.32. The zero-order chi connectivity index (χ0) is 11.8. The van der Waals surface area contributed by atoms with Gasteiger partial charge in [0, 0.05) is 0 Å². The summed E-state index contributed by atoms with van der Waals surface area (Å²) in [4.78, 5) is 27.9. The molecular weight excluding hydrogens is 212 g/mol. The van der Waals surface area contributed by atoms with Crippen LogP contribution in [0.1, 0.15) is 13.8 Å². The highest BCUT2D eigenvalue weighted by Crippen LogP contribution is 1.97. The van der Waals surface area contributed by atoms with E-state index in [0.717, 1.165) is 0 Å². The largest absolute Gasteiger partial charge is 0.374 e. The van der Waals surface area contributed by atoms with Crippen molar-refractivity contribution in [2.75, 3.05) is 13.2 Å². The van der Waals surface area contributed by atoms with Crippen LogP contribution in [0.4, 0.5) is 0 Å². The molecule has 0 aromatic heterocycles. The number of ether oxygens (including phenoxy) is 1. The number of nitrogens with zero attached hydrogens (tertiary/aromatic N) is 2. The van der Waals surface area contributed by atoms with Crippen LogP contribution in [0, 0.1) is 20.2 Å². The van der Waals surface area contributed by atoms with Gasteiger partial charge >= 0.3 is 0 Å². The molecule has 9 heteroatoms. The van der Waals surface area contributed by atoms with Gasteiger partial charge in [0.1, 0.15) is 12.7 Å². The first-order chi connectivity index (χ1) is 6.91. The van der Waals surface area contributed by atoms with Crippen LogP contribution in [-0.2, 0) is 14.4 Å². The lowest BCUT2D eigenvalue weighted by Crippen LogP contribution is -2.25. The third kappa shape index (κ3) is 8.68. The molecule has 0 fully saturated rings. The molecule has 0 aliphatic heterocycles. The molecule has 2 unspecified atom stereocenters. The predicted octanol–water partition coefficient (Wildman–Crippen LogP) is 0.197. The van der Waals surface area contributed by atoms with E-state index in [-0.39, 0.29) is 13.2 Å². The Balaban J connectivity index is 3.56. The fraction of sp³-hybridized carbons (Fsp3) is 1.00. The fourth-order valence-electron chi connectivity index (χ4n) is 0.691. The maximum Gasteiger partial charge on any atom is 0.294 e. The lowest BCUT2D eigenvalue weighted by atomic mass is 10.4. The summed E-state index contributed by atoms with van der Waals surface area (Å²) < 4.78 is 5.00. The van der Waals surface area contributed by atoms with Gasteiger partial charge in [0.05, 0.1) is 12.7 Å². The third-order valence-electron chi connectivity index (χ3n) is 1.30. The van der Waals surface area contributed by atoms with E-state index in [4.69, 9.17) is 4.74 Å². The minimum absolute atomic E-state index is 0.0385. The van der Waals surface area contributed by atoms with Crippen LogP contribution in [0.5, 0.6) is 0 Å². The molecule has 0 amide bonds. The summed E-state index contributed by atoms with van der Waals surface area (Å²) in [5, 5.41) is 17.8. The van der Waals surface area contributed by atoms with Gasteiger partial charge in [-0.25, -0.2) is 0 Å². The summed E-state index contributed by atoms with van der Waals surface area (Å²) in [7, 11) is 0. The van der Waals surface area contributed by atoms with Crippen molar-refractivity contribution in [2.24, 2.45) is 0 Å². The van der Waals surface area contributed by atoms with Crippen molar-refractivity contribution in [2.45, 2.75) is 26.1 Å². The number of hydrogen-bond acceptors (Lipinski definition) is 7. The molecule has 0 aromatic carbocycles. The summed E-state index contributed by atoms with van der Waals surface area (Å²) >= 11 is 0. The molecule has 88 valence electrons. The smallest absolute Gasteiger partial charge is 0.294 e. The fourth-order valence-corrected chi connectivity index (χ4v) is 0.691. The van der Waals surface area contributed by atoms with Gasteiger partial charge in [0.15, 0.2) is 0 Å². The Hall–Kier alpha value is -1.64. The highest BCUT2D eigenvalue weighted by Gasteiger charge is 2.11. The van der Waals surface area contributed by atoms with Crippen LogP contribution >= 0.6 is 0 Å². The Labute approximate surface area is 85.1 Å². The monoisotopic (exact) mass is 224 g/mol. The van der Waals surface area contributed by atoms with Crippen LogP contribution in [0.3, 0.4) is 0 Å². The van der Waals surface area contributed by atoms with Crippen molar-refractivity contribution in [3.05, 3.63) is 20.2 Å². The molecular formula is C6H12N2O7. The maximum atomic E-state index is 9.88. The third-order valence-corrected chi connectivity index (χ3v) is 1.30. The normalized spacial score (nSPS) is 14.0. The van der Waals surface area contributed by atoms with Crippen LogP contribution in [-0.4, -0.2) is 35.6 Å². The first-order valence-corrected chi connectivity index (χ1v) is 4.12. The Morgan fingerprint density at radius 1 is 1.07 bits per heavy atom. The van der Waals surface area contributed by atoms with Gasteiger partial charge in [-0.3, -0.25) is 0 Å². The van der Waals surface area contributed by atoms with Crippen molar-refractivity contribution in [3.63, 3.8) is 0 Å². The average molecular weight is 224 g/mol. The van der Waals surface area contributed by atoms with Gasteiger partial charge in [0.2, 0.25) is 0 Å². The molecule has 15 heavy (non-hydrogen) atoms. The van der Waals surface area contributed by atoms with E-state index in [0.29, 0.717) is 0 Å². The average Bonchev–Trinajstić information content (AvgIpc) is 2.10. The second kappa shape index (κ2) is 6.76. The van der Waals surface area contributed by atoms with Crippen molar-refractivity contribution in [1.82, 2.24) is 0 Å². The van der Waals surface area contributed by atoms with E-state index in [2.05, 4.69) is 9.68 Å². The van der Waals surface area contributed by atoms with E-state index in [1.807, 2.05) is 0 Å². The summed E-state index contributed by atoms with van der Waals surface area (Å²) in [6.07, 6.45) is -1.26. The molecule has 2 atom stereocenters. The SMILES string of the molecule is CC(CO[N+](=O)[O-])OCC(C)O[N+](=O)[O-]. The molecule has 0 saturated carbocycles. The van der Waals surface area contributed by atoms with Gasteiger partial charge in [-0.05, 0) is 13.8 Å². The quantitative estimate of drug-likeness (QED) is 0.427. The van der Waals surface area contributed by atoms with E-state index in [9.17, 15) is 20.2 Å². The molecule has 9 nitrogen and oxygen atoms in total. The molecule has 0 aromatic rings. The molecule has 0 aliphatic carbocycles. The maximum absolute atomic E-state index is 9.88. The van der Waals surface area contributed by atoms with Gasteiger partial charge < -0.3 is 14.4 Å². The first-order valence-electron chi connectivity index (χ1n) is 4.12. The van der Waals surface area contributed by atoms with E-state index >= 15 is 0 Å². The molecule has 0 spiro atoms. The topological polar surface area (TPSA) is 114 Å². The lowest BCUT2D eigenvalue weighted by molar-refractivity contribution is -0.768. The highest BCUT2D eigenvalue weighted by atomic mass is 17.0. The minimum atomic E-state index is -0.934. The molecule has 0 rings (SSSR count). The Morgan fingerprint density at radius 2 is 1.67 bits per heavy atom. The summed E-state index contributed by atoms with van der Waals surface area (Å²) in [5.41, 5.74) is 0. The summed E-state index contributed by atoms with van der Waals surface area (Å²) in [5.74, 6) is 0. The van der Waals surface area contributed by atoms with E-state index < -0.39 is 22.4 Å². The van der Waals surface area contributed by atoms with Crippen molar-refractivity contribution in [1.29, 1.82) is 0 Å². The number of hydrogen-bond donors (Lipinski definition) is 0. The highest BCUT2D eigenvalue weighted by molar-refractivity contribution is 4.49. The number of rotatable bonds is 8. The Kier molecular flexibility index (Phi) is 6.02. The van der Waals surface area contributed by atoms with Crippen molar-refractivity contribution < 1.29 is 24.6 Å². The van der Waals surface area contributed by atoms with Crippen molar-refractivity contribution in [3.8, 4) is 0 Å². The minimum Gasteiger partial charge on any atom is -0.374 e. The van der Waals surface area contributed by atoms with E-state index in [1.165, 1.54) is 6.92 Å². The van der Waals surface area contributed by atoms with Crippen molar-refractivity contribution >= 4 is 0 Å². The Morgan fingerprint density at radius 3 is 2.13 bits per heavy atom. The second-order valence-electron chi connectivity index (χ2n) is 2.80. The molecule has 0 bridgehead atoms. The molecule has 0 N–H and O–H groups in total. The second-order valence-corrected chi connectivity index (χ2v) is 2.80. The van der Waals surface area contributed by atoms with Gasteiger partial charge in [-0.15, -0.1) is 20.2 Å². The predicted molar refractivity (Wildman–Crippen MR) is 45.9 cm³/mol. The van der Waals surface area contributed by atoms with Crippen LogP contribution in [0.2, 0.25) is 0 Å². The first kappa shape index (κ1) is 13.4. The van der Waals surface area contributed by atoms with Crippen LogP contribution in [0.15, 0.2) is 0 Å². The zero-order valence-corrected chi connectivity index (χ0v) is 8.32. The lowest BCUT2D eigenvalue weighted by Gasteiger charge is -2.14. The van der Waals surface area contributed by atoms with Gasteiger partial charge in [0.25, 0.3) is 10.2 Å². The molecule has 0 aliphatic rings. The molecule has 0 saturated heterocycles. The van der Waals surface area contributed by atoms with Gasteiger partial charge in [-0.1, -0.05) is 0 Å².